The van der Waals surface area contributed by atoms with Crippen LogP contribution in [0.3, 0.4) is 0 Å². The number of nitrogens with zero attached hydrogens (tertiary/aromatic N) is 1. The molecule has 0 aromatic heterocycles. The van der Waals surface area contributed by atoms with Gasteiger partial charge in [0.2, 0.25) is 11.8 Å². The molecule has 0 atom stereocenters. The molecule has 2 aromatic rings. The van der Waals surface area contributed by atoms with Gasteiger partial charge in [-0.15, -0.1) is 0 Å². The van der Waals surface area contributed by atoms with Crippen LogP contribution in [-0.4, -0.2) is 31.5 Å². The van der Waals surface area contributed by atoms with Gasteiger partial charge in [0.1, 0.15) is 18.2 Å². The molecule has 0 unspecified atom stereocenters. The first-order valence-corrected chi connectivity index (χ1v) is 8.17. The van der Waals surface area contributed by atoms with E-state index in [9.17, 15) is 14.0 Å². The van der Waals surface area contributed by atoms with Crippen molar-refractivity contribution in [2.75, 3.05) is 24.6 Å². The Bertz CT molecular complexity index is 765. The molecule has 1 aliphatic heterocycles. The van der Waals surface area contributed by atoms with Crippen molar-refractivity contribution in [3.8, 4) is 5.75 Å². The summed E-state index contributed by atoms with van der Waals surface area (Å²) in [4.78, 5) is 25.9. The van der Waals surface area contributed by atoms with Crippen molar-refractivity contribution < 1.29 is 18.7 Å². The van der Waals surface area contributed by atoms with Crippen molar-refractivity contribution in [2.45, 2.75) is 12.8 Å². The summed E-state index contributed by atoms with van der Waals surface area (Å²) >= 11 is 0. The largest absolute Gasteiger partial charge is 0.489 e. The molecule has 0 fully saturated rings. The van der Waals surface area contributed by atoms with Crippen molar-refractivity contribution in [3.63, 3.8) is 0 Å². The Morgan fingerprint density at radius 1 is 1.16 bits per heavy atom. The Kier molecular flexibility index (Phi) is 5.28. The summed E-state index contributed by atoms with van der Waals surface area (Å²) < 4.78 is 18.7. The number of hydrogen-bond donors (Lipinski definition) is 1. The van der Waals surface area contributed by atoms with Crippen LogP contribution in [0.25, 0.3) is 0 Å². The Morgan fingerprint density at radius 3 is 2.76 bits per heavy atom. The van der Waals surface area contributed by atoms with Gasteiger partial charge in [-0.3, -0.25) is 9.59 Å². The lowest BCUT2D eigenvalue weighted by atomic mass is 10.1. The van der Waals surface area contributed by atoms with Crippen molar-refractivity contribution in [3.05, 3.63) is 59.9 Å². The molecule has 0 saturated carbocycles. The molecule has 1 N–H and O–H groups in total. The van der Waals surface area contributed by atoms with Crippen LogP contribution in [0, 0.1) is 5.82 Å². The van der Waals surface area contributed by atoms with E-state index in [0.717, 1.165) is 5.56 Å². The Labute approximate surface area is 145 Å². The van der Waals surface area contributed by atoms with Gasteiger partial charge < -0.3 is 15.0 Å². The lowest BCUT2D eigenvalue weighted by molar-refractivity contribution is -0.121. The van der Waals surface area contributed by atoms with E-state index in [0.29, 0.717) is 24.6 Å². The molecule has 2 aromatic carbocycles. The maximum absolute atomic E-state index is 13.3. The Morgan fingerprint density at radius 2 is 1.96 bits per heavy atom. The fourth-order valence-corrected chi connectivity index (χ4v) is 2.74. The third-order valence-electron chi connectivity index (χ3n) is 3.95. The highest BCUT2D eigenvalue weighted by molar-refractivity contribution is 5.95. The quantitative estimate of drug-likeness (QED) is 0.907. The van der Waals surface area contributed by atoms with E-state index >= 15 is 0 Å². The van der Waals surface area contributed by atoms with Crippen LogP contribution in [0.5, 0.6) is 5.75 Å². The SMILES string of the molecule is O=C(Cc1ccccc1)NCCC(=O)N1CCOc2cc(F)ccc21. The number of rotatable bonds is 5. The molecule has 25 heavy (non-hydrogen) atoms. The summed E-state index contributed by atoms with van der Waals surface area (Å²) in [5.74, 6) is -0.284. The normalized spacial score (nSPS) is 12.9. The van der Waals surface area contributed by atoms with E-state index in [4.69, 9.17) is 4.74 Å². The van der Waals surface area contributed by atoms with Crippen LogP contribution >= 0.6 is 0 Å². The average Bonchev–Trinajstić information content (AvgIpc) is 2.61. The topological polar surface area (TPSA) is 58.6 Å². The maximum Gasteiger partial charge on any atom is 0.228 e. The monoisotopic (exact) mass is 342 g/mol. The highest BCUT2D eigenvalue weighted by atomic mass is 19.1. The summed E-state index contributed by atoms with van der Waals surface area (Å²) in [5.41, 5.74) is 1.49. The number of carbonyl (C=O) groups is 2. The molecular weight excluding hydrogens is 323 g/mol. The molecule has 0 bridgehead atoms. The number of benzene rings is 2. The summed E-state index contributed by atoms with van der Waals surface area (Å²) in [7, 11) is 0. The maximum atomic E-state index is 13.3. The molecule has 0 spiro atoms. The molecule has 0 saturated heterocycles. The van der Waals surface area contributed by atoms with Crippen molar-refractivity contribution in [2.24, 2.45) is 0 Å². The summed E-state index contributed by atoms with van der Waals surface area (Å²) in [6, 6.07) is 13.5. The van der Waals surface area contributed by atoms with E-state index in [-0.39, 0.29) is 31.2 Å². The number of amides is 2. The van der Waals surface area contributed by atoms with Gasteiger partial charge >= 0.3 is 0 Å². The zero-order chi connectivity index (χ0) is 17.6. The smallest absolute Gasteiger partial charge is 0.228 e. The van der Waals surface area contributed by atoms with Crippen molar-refractivity contribution in [1.29, 1.82) is 0 Å². The first-order chi connectivity index (χ1) is 12.1. The lowest BCUT2D eigenvalue weighted by Gasteiger charge is -2.29. The minimum absolute atomic E-state index is 0.122. The second-order valence-corrected chi connectivity index (χ2v) is 5.77. The molecule has 1 aliphatic rings. The first kappa shape index (κ1) is 17.0. The number of halogens is 1. The lowest BCUT2D eigenvalue weighted by Crippen LogP contribution is -2.39. The Balaban J connectivity index is 1.51. The summed E-state index contributed by atoms with van der Waals surface area (Å²) in [6.45, 7) is 0.996. The van der Waals surface area contributed by atoms with Crippen LogP contribution in [0.15, 0.2) is 48.5 Å². The van der Waals surface area contributed by atoms with Gasteiger partial charge in [-0.05, 0) is 17.7 Å². The summed E-state index contributed by atoms with van der Waals surface area (Å²) in [5, 5.41) is 2.76. The molecule has 0 aliphatic carbocycles. The number of nitrogens with one attached hydrogen (secondary N) is 1. The van der Waals surface area contributed by atoms with Gasteiger partial charge in [-0.25, -0.2) is 4.39 Å². The molecule has 3 rings (SSSR count). The zero-order valence-corrected chi connectivity index (χ0v) is 13.7. The van der Waals surface area contributed by atoms with Crippen LogP contribution in [-0.2, 0) is 16.0 Å². The number of carbonyl (C=O) groups excluding carboxylic acids is 2. The first-order valence-electron chi connectivity index (χ1n) is 8.17. The van der Waals surface area contributed by atoms with Gasteiger partial charge in [0.05, 0.1) is 18.7 Å². The van der Waals surface area contributed by atoms with Crippen LogP contribution < -0.4 is 15.0 Å². The van der Waals surface area contributed by atoms with Gasteiger partial charge in [0, 0.05) is 19.0 Å². The summed E-state index contributed by atoms with van der Waals surface area (Å²) in [6.07, 6.45) is 0.464. The molecule has 5 nitrogen and oxygen atoms in total. The highest BCUT2D eigenvalue weighted by Gasteiger charge is 2.23. The average molecular weight is 342 g/mol. The van der Waals surface area contributed by atoms with Gasteiger partial charge in [-0.2, -0.15) is 0 Å². The molecule has 6 heteroatoms. The second-order valence-electron chi connectivity index (χ2n) is 5.77. The van der Waals surface area contributed by atoms with E-state index in [1.54, 1.807) is 4.90 Å². The van der Waals surface area contributed by atoms with E-state index in [1.165, 1.54) is 18.2 Å². The predicted molar refractivity (Wildman–Crippen MR) is 92.0 cm³/mol. The molecular formula is C19H19FN2O3. The van der Waals surface area contributed by atoms with Crippen LogP contribution in [0.1, 0.15) is 12.0 Å². The second kappa shape index (κ2) is 7.79. The molecule has 130 valence electrons. The standard InChI is InChI=1S/C19H19FN2O3/c20-15-6-7-16-17(13-15)25-11-10-22(16)19(24)8-9-21-18(23)12-14-4-2-1-3-5-14/h1-7,13H,8-12H2,(H,21,23). The number of hydrogen-bond acceptors (Lipinski definition) is 3. The number of ether oxygens (including phenoxy) is 1. The van der Waals surface area contributed by atoms with Gasteiger partial charge in [0.15, 0.2) is 0 Å². The van der Waals surface area contributed by atoms with E-state index in [1.807, 2.05) is 30.3 Å². The molecule has 1 heterocycles. The van der Waals surface area contributed by atoms with Gasteiger partial charge in [0.25, 0.3) is 0 Å². The Hall–Kier alpha value is -2.89. The third-order valence-corrected chi connectivity index (χ3v) is 3.95. The number of fused-ring (bicyclic) bond motifs is 1. The predicted octanol–water partition coefficient (Wildman–Crippen LogP) is 2.30. The van der Waals surface area contributed by atoms with Crippen molar-refractivity contribution in [1.82, 2.24) is 5.32 Å². The van der Waals surface area contributed by atoms with Gasteiger partial charge in [-0.1, -0.05) is 30.3 Å². The van der Waals surface area contributed by atoms with E-state index in [2.05, 4.69) is 5.32 Å². The zero-order valence-electron chi connectivity index (χ0n) is 13.7. The van der Waals surface area contributed by atoms with Crippen LogP contribution in [0.4, 0.5) is 10.1 Å². The fourth-order valence-electron chi connectivity index (χ4n) is 2.74. The minimum Gasteiger partial charge on any atom is -0.489 e. The van der Waals surface area contributed by atoms with Crippen LogP contribution in [0.2, 0.25) is 0 Å². The molecule has 0 radical (unpaired) electrons. The third kappa shape index (κ3) is 4.35. The number of anilines is 1. The molecule has 2 amide bonds. The van der Waals surface area contributed by atoms with E-state index < -0.39 is 5.82 Å². The van der Waals surface area contributed by atoms with Crippen molar-refractivity contribution >= 4 is 17.5 Å². The fraction of sp³-hybridized carbons (Fsp3) is 0.263. The highest BCUT2D eigenvalue weighted by Crippen LogP contribution is 2.32. The minimum atomic E-state index is -0.402.